The van der Waals surface area contributed by atoms with Crippen molar-refractivity contribution >= 4 is 17.2 Å². The second-order valence-corrected chi connectivity index (χ2v) is 4.98. The van der Waals surface area contributed by atoms with Gasteiger partial charge in [0.05, 0.1) is 5.38 Å². The maximum atomic E-state index is 6.17. The number of rotatable bonds is 1. The summed E-state index contributed by atoms with van der Waals surface area (Å²) in [6, 6.07) is 6.65. The van der Waals surface area contributed by atoms with Crippen molar-refractivity contribution in [3.05, 3.63) is 41.0 Å². The van der Waals surface area contributed by atoms with E-state index < -0.39 is 0 Å². The van der Waals surface area contributed by atoms with Crippen LogP contribution in [0.15, 0.2) is 24.3 Å². The average molecular weight is 221 g/mol. The Hall–Kier alpha value is -0.750. The second kappa shape index (κ2) is 4.40. The van der Waals surface area contributed by atoms with Crippen LogP contribution in [0.5, 0.6) is 0 Å². The van der Waals surface area contributed by atoms with Crippen molar-refractivity contribution in [1.29, 1.82) is 0 Å². The predicted octanol–water partition coefficient (Wildman–Crippen LogP) is 4.48. The molecule has 0 aliphatic heterocycles. The molecule has 0 fully saturated rings. The van der Waals surface area contributed by atoms with E-state index in [0.717, 1.165) is 6.42 Å². The Bertz CT molecular complexity index is 390. The van der Waals surface area contributed by atoms with Crippen LogP contribution in [0.1, 0.15) is 36.0 Å². The van der Waals surface area contributed by atoms with E-state index in [-0.39, 0.29) is 5.38 Å². The Balaban J connectivity index is 2.37. The first-order valence-electron chi connectivity index (χ1n) is 5.59. The van der Waals surface area contributed by atoms with Gasteiger partial charge in [0, 0.05) is 0 Å². The van der Waals surface area contributed by atoms with Crippen molar-refractivity contribution in [3.63, 3.8) is 0 Å². The summed E-state index contributed by atoms with van der Waals surface area (Å²) in [6.45, 7) is 4.32. The van der Waals surface area contributed by atoms with E-state index in [1.165, 1.54) is 35.1 Å². The van der Waals surface area contributed by atoms with Crippen molar-refractivity contribution in [3.8, 4) is 0 Å². The van der Waals surface area contributed by atoms with Crippen molar-refractivity contribution in [2.75, 3.05) is 0 Å². The van der Waals surface area contributed by atoms with Crippen LogP contribution in [0.3, 0.4) is 0 Å². The molecule has 1 aliphatic rings. The van der Waals surface area contributed by atoms with E-state index in [4.69, 9.17) is 11.6 Å². The van der Waals surface area contributed by atoms with E-state index in [9.17, 15) is 0 Å². The van der Waals surface area contributed by atoms with Crippen LogP contribution >= 0.6 is 11.6 Å². The highest BCUT2D eigenvalue weighted by molar-refractivity contribution is 6.22. The second-order valence-electron chi connectivity index (χ2n) is 4.42. The molecule has 1 atom stereocenters. The van der Waals surface area contributed by atoms with Crippen LogP contribution in [-0.2, 0) is 0 Å². The fourth-order valence-electron chi connectivity index (χ4n) is 2.27. The standard InChI is InChI=1S/C14H17Cl/c1-10-6-7-14(11(2)8-10)12-4-3-5-13(15)9-12/h6-9,13H,3-5H2,1-2H3. The number of benzene rings is 1. The topological polar surface area (TPSA) is 0 Å². The first kappa shape index (κ1) is 10.8. The van der Waals surface area contributed by atoms with Crippen molar-refractivity contribution in [2.45, 2.75) is 38.5 Å². The molecule has 15 heavy (non-hydrogen) atoms. The van der Waals surface area contributed by atoms with Gasteiger partial charge in [0.2, 0.25) is 0 Å². The first-order chi connectivity index (χ1) is 7.16. The molecule has 0 aromatic heterocycles. The Labute approximate surface area is 97.0 Å². The Morgan fingerprint density at radius 3 is 2.73 bits per heavy atom. The lowest BCUT2D eigenvalue weighted by Crippen LogP contribution is -2.03. The maximum Gasteiger partial charge on any atom is 0.0522 e. The summed E-state index contributed by atoms with van der Waals surface area (Å²) in [6.07, 6.45) is 5.74. The SMILES string of the molecule is Cc1ccc(C2=CC(Cl)CCC2)c(C)c1. The zero-order valence-electron chi connectivity index (χ0n) is 9.39. The quantitative estimate of drug-likeness (QED) is 0.613. The van der Waals surface area contributed by atoms with Gasteiger partial charge in [-0.2, -0.15) is 0 Å². The molecule has 2 rings (SSSR count). The highest BCUT2D eigenvalue weighted by Crippen LogP contribution is 2.31. The Morgan fingerprint density at radius 1 is 1.27 bits per heavy atom. The molecule has 1 heteroatoms. The third-order valence-electron chi connectivity index (χ3n) is 3.04. The number of alkyl halides is 1. The summed E-state index contributed by atoms with van der Waals surface area (Å²) in [5.74, 6) is 0. The number of halogens is 1. The molecule has 0 nitrogen and oxygen atoms in total. The van der Waals surface area contributed by atoms with Gasteiger partial charge in [0.25, 0.3) is 0 Å². The molecule has 0 amide bonds. The molecular formula is C14H17Cl. The van der Waals surface area contributed by atoms with Gasteiger partial charge in [-0.1, -0.05) is 29.8 Å². The van der Waals surface area contributed by atoms with Gasteiger partial charge >= 0.3 is 0 Å². The summed E-state index contributed by atoms with van der Waals surface area (Å²) < 4.78 is 0. The van der Waals surface area contributed by atoms with Crippen molar-refractivity contribution in [1.82, 2.24) is 0 Å². The van der Waals surface area contributed by atoms with Gasteiger partial charge in [0.15, 0.2) is 0 Å². The lowest BCUT2D eigenvalue weighted by molar-refractivity contribution is 0.747. The molecule has 0 spiro atoms. The van der Waals surface area contributed by atoms with E-state index in [1.54, 1.807) is 0 Å². The third-order valence-corrected chi connectivity index (χ3v) is 3.38. The predicted molar refractivity (Wildman–Crippen MR) is 67.4 cm³/mol. The van der Waals surface area contributed by atoms with Crippen LogP contribution in [0, 0.1) is 13.8 Å². The number of allylic oxidation sites excluding steroid dienone is 2. The van der Waals surface area contributed by atoms with Gasteiger partial charge < -0.3 is 0 Å². The van der Waals surface area contributed by atoms with E-state index in [0.29, 0.717) is 0 Å². The van der Waals surface area contributed by atoms with Crippen LogP contribution in [-0.4, -0.2) is 5.38 Å². The Morgan fingerprint density at radius 2 is 2.07 bits per heavy atom. The largest absolute Gasteiger partial charge is 0.118 e. The lowest BCUT2D eigenvalue weighted by Gasteiger charge is -2.18. The summed E-state index contributed by atoms with van der Waals surface area (Å²) in [5, 5.41) is 0.231. The van der Waals surface area contributed by atoms with Gasteiger partial charge in [-0.05, 0) is 49.8 Å². The number of aryl methyl sites for hydroxylation is 2. The minimum Gasteiger partial charge on any atom is -0.118 e. The van der Waals surface area contributed by atoms with Gasteiger partial charge in [-0.3, -0.25) is 0 Å². The zero-order chi connectivity index (χ0) is 10.8. The fourth-order valence-corrected chi connectivity index (χ4v) is 2.58. The van der Waals surface area contributed by atoms with Crippen molar-refractivity contribution < 1.29 is 0 Å². The normalized spacial score (nSPS) is 21.3. The van der Waals surface area contributed by atoms with Crippen LogP contribution in [0.25, 0.3) is 5.57 Å². The fraction of sp³-hybridized carbons (Fsp3) is 0.429. The molecule has 0 heterocycles. The summed E-state index contributed by atoms with van der Waals surface area (Å²) in [5.41, 5.74) is 5.51. The molecule has 1 unspecified atom stereocenters. The first-order valence-corrected chi connectivity index (χ1v) is 6.03. The molecular weight excluding hydrogens is 204 g/mol. The lowest BCUT2D eigenvalue weighted by atomic mass is 9.90. The van der Waals surface area contributed by atoms with Gasteiger partial charge in [-0.15, -0.1) is 11.6 Å². The minimum atomic E-state index is 0.231. The van der Waals surface area contributed by atoms with Gasteiger partial charge in [0.1, 0.15) is 0 Å². The van der Waals surface area contributed by atoms with Crippen LogP contribution in [0.4, 0.5) is 0 Å². The van der Waals surface area contributed by atoms with Crippen LogP contribution in [0.2, 0.25) is 0 Å². The molecule has 0 bridgehead atoms. The minimum absolute atomic E-state index is 0.231. The average Bonchev–Trinajstić information content (AvgIpc) is 2.17. The third kappa shape index (κ3) is 2.43. The molecule has 80 valence electrons. The molecule has 0 radical (unpaired) electrons. The monoisotopic (exact) mass is 220 g/mol. The molecule has 0 saturated carbocycles. The Kier molecular flexibility index (Phi) is 3.16. The highest BCUT2D eigenvalue weighted by atomic mass is 35.5. The summed E-state index contributed by atoms with van der Waals surface area (Å²) in [7, 11) is 0. The van der Waals surface area contributed by atoms with E-state index >= 15 is 0 Å². The summed E-state index contributed by atoms with van der Waals surface area (Å²) in [4.78, 5) is 0. The molecule has 1 aromatic rings. The van der Waals surface area contributed by atoms with Gasteiger partial charge in [-0.25, -0.2) is 0 Å². The summed E-state index contributed by atoms with van der Waals surface area (Å²) >= 11 is 6.17. The van der Waals surface area contributed by atoms with Crippen LogP contribution < -0.4 is 0 Å². The number of hydrogen-bond acceptors (Lipinski definition) is 0. The van der Waals surface area contributed by atoms with E-state index in [1.807, 2.05) is 0 Å². The molecule has 0 saturated heterocycles. The molecule has 1 aromatic carbocycles. The number of hydrogen-bond donors (Lipinski definition) is 0. The zero-order valence-corrected chi connectivity index (χ0v) is 10.1. The van der Waals surface area contributed by atoms with Crippen molar-refractivity contribution in [2.24, 2.45) is 0 Å². The maximum absolute atomic E-state index is 6.17. The smallest absolute Gasteiger partial charge is 0.0522 e. The highest BCUT2D eigenvalue weighted by Gasteiger charge is 2.13. The molecule has 0 N–H and O–H groups in total. The molecule has 1 aliphatic carbocycles. The van der Waals surface area contributed by atoms with E-state index in [2.05, 4.69) is 38.1 Å².